The zero-order valence-corrected chi connectivity index (χ0v) is 19.5. The Labute approximate surface area is 178 Å². The van der Waals surface area contributed by atoms with E-state index in [-0.39, 0.29) is 26.4 Å². The van der Waals surface area contributed by atoms with Crippen molar-refractivity contribution in [3.05, 3.63) is 0 Å². The summed E-state index contributed by atoms with van der Waals surface area (Å²) in [4.78, 5) is 9.31. The Kier molecular flexibility index (Phi) is 21.2. The first-order chi connectivity index (χ1) is 14.0. The SMILES string of the molecule is CCCCCCCCCCCCCCCCOC[C@@H](O)COP(=O)(O)OCCN. The lowest BCUT2D eigenvalue weighted by molar-refractivity contribution is 0.00230. The Morgan fingerprint density at radius 3 is 1.72 bits per heavy atom. The minimum absolute atomic E-state index is 0.0699. The number of aliphatic hydroxyl groups excluding tert-OH is 1. The van der Waals surface area contributed by atoms with Crippen molar-refractivity contribution in [1.82, 2.24) is 0 Å². The summed E-state index contributed by atoms with van der Waals surface area (Å²) in [6.07, 6.45) is 17.4. The number of hydrogen-bond donors (Lipinski definition) is 3. The van der Waals surface area contributed by atoms with Crippen molar-refractivity contribution in [1.29, 1.82) is 0 Å². The summed E-state index contributed by atoms with van der Waals surface area (Å²) in [5, 5.41) is 9.69. The molecule has 8 heteroatoms. The van der Waals surface area contributed by atoms with Crippen LogP contribution in [0.1, 0.15) is 96.8 Å². The van der Waals surface area contributed by atoms with Gasteiger partial charge in [0.1, 0.15) is 6.10 Å². The third-order valence-electron chi connectivity index (χ3n) is 4.75. The van der Waals surface area contributed by atoms with E-state index in [9.17, 15) is 14.6 Å². The van der Waals surface area contributed by atoms with Gasteiger partial charge in [-0.15, -0.1) is 0 Å². The third-order valence-corrected chi connectivity index (χ3v) is 5.74. The summed E-state index contributed by atoms with van der Waals surface area (Å²) < 4.78 is 26.0. The highest BCUT2D eigenvalue weighted by Gasteiger charge is 2.22. The van der Waals surface area contributed by atoms with E-state index < -0.39 is 13.9 Å². The zero-order valence-electron chi connectivity index (χ0n) is 18.6. The van der Waals surface area contributed by atoms with Crippen molar-refractivity contribution in [2.45, 2.75) is 103 Å². The largest absolute Gasteiger partial charge is 0.472 e. The van der Waals surface area contributed by atoms with Crippen LogP contribution in [0.5, 0.6) is 0 Å². The predicted molar refractivity (Wildman–Crippen MR) is 118 cm³/mol. The molecule has 0 aliphatic rings. The van der Waals surface area contributed by atoms with Crippen molar-refractivity contribution in [3.63, 3.8) is 0 Å². The molecule has 0 bridgehead atoms. The molecule has 29 heavy (non-hydrogen) atoms. The highest BCUT2D eigenvalue weighted by Crippen LogP contribution is 2.42. The fourth-order valence-corrected chi connectivity index (χ4v) is 3.82. The molecule has 0 fully saturated rings. The minimum atomic E-state index is -4.13. The van der Waals surface area contributed by atoms with Crippen LogP contribution in [0, 0.1) is 0 Å². The molecule has 0 saturated carbocycles. The van der Waals surface area contributed by atoms with Crippen molar-refractivity contribution in [2.75, 3.05) is 33.0 Å². The number of unbranched alkanes of at least 4 members (excludes halogenated alkanes) is 13. The Morgan fingerprint density at radius 1 is 0.759 bits per heavy atom. The monoisotopic (exact) mass is 439 g/mol. The van der Waals surface area contributed by atoms with Crippen LogP contribution in [0.2, 0.25) is 0 Å². The van der Waals surface area contributed by atoms with E-state index in [4.69, 9.17) is 10.5 Å². The number of ether oxygens (including phenoxy) is 1. The normalized spacial score (nSPS) is 14.8. The maximum absolute atomic E-state index is 11.4. The molecule has 7 nitrogen and oxygen atoms in total. The Hall–Kier alpha value is -0.0100. The molecular weight excluding hydrogens is 393 g/mol. The van der Waals surface area contributed by atoms with Crippen LogP contribution in [0.4, 0.5) is 0 Å². The van der Waals surface area contributed by atoms with E-state index in [1.165, 1.54) is 77.0 Å². The van der Waals surface area contributed by atoms with Crippen LogP contribution < -0.4 is 5.73 Å². The number of rotatable bonds is 23. The maximum atomic E-state index is 11.4. The topological polar surface area (TPSA) is 111 Å². The number of nitrogens with two attached hydrogens (primary N) is 1. The fourth-order valence-electron chi connectivity index (χ4n) is 3.05. The van der Waals surface area contributed by atoms with Crippen molar-refractivity contribution < 1.29 is 28.3 Å². The number of phosphoric ester groups is 1. The molecule has 0 aromatic rings. The van der Waals surface area contributed by atoms with E-state index in [1.54, 1.807) is 0 Å². The zero-order chi connectivity index (χ0) is 21.6. The number of phosphoric acid groups is 1. The van der Waals surface area contributed by atoms with Gasteiger partial charge in [0.25, 0.3) is 0 Å². The Bertz CT molecular complexity index is 386. The summed E-state index contributed by atoms with van der Waals surface area (Å²) in [7, 11) is -4.13. The maximum Gasteiger partial charge on any atom is 0.472 e. The molecule has 0 aliphatic heterocycles. The lowest BCUT2D eigenvalue weighted by Crippen LogP contribution is -2.22. The Balaban J connectivity index is 3.27. The number of aliphatic hydroxyl groups is 1. The summed E-state index contributed by atoms with van der Waals surface area (Å²) >= 11 is 0. The molecule has 0 aromatic heterocycles. The number of hydrogen-bond acceptors (Lipinski definition) is 6. The molecule has 176 valence electrons. The van der Waals surface area contributed by atoms with Gasteiger partial charge in [0.15, 0.2) is 0 Å². The average molecular weight is 440 g/mol. The van der Waals surface area contributed by atoms with Gasteiger partial charge >= 0.3 is 7.82 Å². The summed E-state index contributed by atoms with van der Waals surface area (Å²) in [6, 6.07) is 0. The van der Waals surface area contributed by atoms with E-state index in [2.05, 4.69) is 16.0 Å². The molecule has 0 saturated heterocycles. The molecule has 0 aliphatic carbocycles. The highest BCUT2D eigenvalue weighted by atomic mass is 31.2. The van der Waals surface area contributed by atoms with Gasteiger partial charge in [-0.1, -0.05) is 90.4 Å². The first kappa shape index (κ1) is 29.0. The minimum Gasteiger partial charge on any atom is -0.388 e. The second-order valence-electron chi connectivity index (χ2n) is 7.71. The van der Waals surface area contributed by atoms with Crippen LogP contribution in [0.15, 0.2) is 0 Å². The quantitative estimate of drug-likeness (QED) is 0.153. The molecule has 0 spiro atoms. The van der Waals surface area contributed by atoms with Crippen molar-refractivity contribution in [2.24, 2.45) is 5.73 Å². The van der Waals surface area contributed by atoms with Gasteiger partial charge in [-0.25, -0.2) is 4.57 Å². The molecule has 0 amide bonds. The second kappa shape index (κ2) is 21.2. The van der Waals surface area contributed by atoms with E-state index >= 15 is 0 Å². The lowest BCUT2D eigenvalue weighted by atomic mass is 10.0. The van der Waals surface area contributed by atoms with Crippen LogP contribution >= 0.6 is 7.82 Å². The summed E-state index contributed by atoms with van der Waals surface area (Å²) in [6.45, 7) is 2.66. The van der Waals surface area contributed by atoms with Crippen molar-refractivity contribution >= 4 is 7.82 Å². The average Bonchev–Trinajstić information content (AvgIpc) is 2.70. The molecule has 1 unspecified atom stereocenters. The van der Waals surface area contributed by atoms with Crippen molar-refractivity contribution in [3.8, 4) is 0 Å². The van der Waals surface area contributed by atoms with Gasteiger partial charge in [0.2, 0.25) is 0 Å². The van der Waals surface area contributed by atoms with Gasteiger partial charge in [-0.05, 0) is 6.42 Å². The van der Waals surface area contributed by atoms with Crippen LogP contribution in [0.3, 0.4) is 0 Å². The molecular formula is C21H46NO6P. The van der Waals surface area contributed by atoms with E-state index in [0.717, 1.165) is 12.8 Å². The van der Waals surface area contributed by atoms with E-state index in [0.29, 0.717) is 6.61 Å². The summed E-state index contributed by atoms with van der Waals surface area (Å²) in [5.41, 5.74) is 5.18. The molecule has 2 atom stereocenters. The van der Waals surface area contributed by atoms with Crippen LogP contribution in [-0.2, 0) is 18.3 Å². The third kappa shape index (κ3) is 22.5. The predicted octanol–water partition coefficient (Wildman–Crippen LogP) is 4.94. The molecule has 0 radical (unpaired) electrons. The first-order valence-electron chi connectivity index (χ1n) is 11.6. The fraction of sp³-hybridized carbons (Fsp3) is 1.00. The van der Waals surface area contributed by atoms with Gasteiger partial charge < -0.3 is 20.5 Å². The first-order valence-corrected chi connectivity index (χ1v) is 13.1. The smallest absolute Gasteiger partial charge is 0.388 e. The molecule has 0 aromatic carbocycles. The molecule has 0 heterocycles. The highest BCUT2D eigenvalue weighted by molar-refractivity contribution is 7.47. The van der Waals surface area contributed by atoms with Gasteiger partial charge in [-0.3, -0.25) is 9.05 Å². The van der Waals surface area contributed by atoms with E-state index in [1.807, 2.05) is 0 Å². The second-order valence-corrected chi connectivity index (χ2v) is 9.16. The summed E-state index contributed by atoms with van der Waals surface area (Å²) in [5.74, 6) is 0. The molecule has 4 N–H and O–H groups in total. The van der Waals surface area contributed by atoms with Gasteiger partial charge in [-0.2, -0.15) is 0 Å². The molecule has 0 rings (SSSR count). The lowest BCUT2D eigenvalue weighted by Gasteiger charge is -2.15. The van der Waals surface area contributed by atoms with Crippen LogP contribution in [-0.4, -0.2) is 49.1 Å². The standard InChI is InChI=1S/C21H46NO6P/c1-2-3-4-5-6-7-8-9-10-11-12-13-14-15-17-26-19-21(23)20-28-29(24,25)27-18-16-22/h21,23H,2-20,22H2,1H3,(H,24,25)/t21-/m1/s1. The Morgan fingerprint density at radius 2 is 1.24 bits per heavy atom. The van der Waals surface area contributed by atoms with Gasteiger partial charge in [0, 0.05) is 13.2 Å². The van der Waals surface area contributed by atoms with Gasteiger partial charge in [0.05, 0.1) is 19.8 Å². The van der Waals surface area contributed by atoms with Crippen LogP contribution in [0.25, 0.3) is 0 Å².